The fourth-order valence-electron chi connectivity index (χ4n) is 1.20. The van der Waals surface area contributed by atoms with Crippen LogP contribution in [0.1, 0.15) is 5.56 Å². The molecule has 2 N–H and O–H groups in total. The molecule has 14 heavy (non-hydrogen) atoms. The number of aromatic nitrogens is 3. The molecule has 4 nitrogen and oxygen atoms in total. The molecular weight excluding hydrogens is 176 g/mol. The zero-order valence-corrected chi connectivity index (χ0v) is 7.81. The third-order valence-electron chi connectivity index (χ3n) is 1.96. The predicted molar refractivity (Wildman–Crippen MR) is 54.4 cm³/mol. The van der Waals surface area contributed by atoms with Gasteiger partial charge in [-0.1, -0.05) is 0 Å². The maximum absolute atomic E-state index is 5.57. The molecule has 2 rings (SSSR count). The van der Waals surface area contributed by atoms with E-state index in [4.69, 9.17) is 5.73 Å². The second-order valence-electron chi connectivity index (χ2n) is 3.00. The summed E-state index contributed by atoms with van der Waals surface area (Å²) in [7, 11) is 0. The van der Waals surface area contributed by atoms with E-state index < -0.39 is 0 Å². The summed E-state index contributed by atoms with van der Waals surface area (Å²) in [5.41, 5.74) is 7.58. The number of hydrogen-bond acceptors (Lipinski definition) is 4. The summed E-state index contributed by atoms with van der Waals surface area (Å²) >= 11 is 0. The van der Waals surface area contributed by atoms with E-state index in [9.17, 15) is 0 Å². The van der Waals surface area contributed by atoms with Gasteiger partial charge in [-0.25, -0.2) is 9.97 Å². The van der Waals surface area contributed by atoms with E-state index in [1.54, 1.807) is 24.7 Å². The van der Waals surface area contributed by atoms with E-state index in [1.807, 2.05) is 13.0 Å². The first kappa shape index (κ1) is 8.62. The Balaban J connectivity index is 2.55. The van der Waals surface area contributed by atoms with Crippen LogP contribution in [0.25, 0.3) is 11.4 Å². The van der Waals surface area contributed by atoms with Crippen LogP contribution < -0.4 is 5.73 Å². The van der Waals surface area contributed by atoms with Crippen LogP contribution in [-0.4, -0.2) is 15.0 Å². The quantitative estimate of drug-likeness (QED) is 0.731. The second kappa shape index (κ2) is 3.41. The normalized spacial score (nSPS) is 10.1. The Hall–Kier alpha value is -1.97. The Morgan fingerprint density at radius 2 is 2.07 bits per heavy atom. The molecule has 0 atom stereocenters. The lowest BCUT2D eigenvalue weighted by molar-refractivity contribution is 1.16. The summed E-state index contributed by atoms with van der Waals surface area (Å²) in [6.07, 6.45) is 5.12. The van der Waals surface area contributed by atoms with Crippen LogP contribution in [0.5, 0.6) is 0 Å². The highest BCUT2D eigenvalue weighted by Gasteiger charge is 2.04. The average Bonchev–Trinajstić information content (AvgIpc) is 2.18. The number of aryl methyl sites for hydroxylation is 1. The van der Waals surface area contributed by atoms with Crippen molar-refractivity contribution in [3.63, 3.8) is 0 Å². The molecule has 0 fully saturated rings. The smallest absolute Gasteiger partial charge is 0.163 e. The van der Waals surface area contributed by atoms with Gasteiger partial charge in [-0.05, 0) is 24.6 Å². The lowest BCUT2D eigenvalue weighted by atomic mass is 10.1. The number of nitrogen functional groups attached to an aromatic ring is 1. The molecule has 2 aromatic heterocycles. The molecule has 2 heterocycles. The zero-order valence-electron chi connectivity index (χ0n) is 7.81. The van der Waals surface area contributed by atoms with E-state index in [0.29, 0.717) is 11.6 Å². The Kier molecular flexibility index (Phi) is 2.10. The predicted octanol–water partition coefficient (Wildman–Crippen LogP) is 1.43. The summed E-state index contributed by atoms with van der Waals surface area (Å²) in [6, 6.07) is 3.58. The molecule has 0 unspecified atom stereocenters. The van der Waals surface area contributed by atoms with Gasteiger partial charge in [0.15, 0.2) is 5.82 Å². The van der Waals surface area contributed by atoms with Crippen molar-refractivity contribution in [3.8, 4) is 11.4 Å². The Labute approximate surface area is 81.9 Å². The molecule has 0 aliphatic heterocycles. The van der Waals surface area contributed by atoms with Crippen LogP contribution >= 0.6 is 0 Å². The maximum atomic E-state index is 5.57. The molecule has 0 aromatic carbocycles. The molecular formula is C10H10N4. The Morgan fingerprint density at radius 1 is 1.21 bits per heavy atom. The monoisotopic (exact) mass is 186 g/mol. The third kappa shape index (κ3) is 1.54. The summed E-state index contributed by atoms with van der Waals surface area (Å²) in [4.78, 5) is 12.3. The van der Waals surface area contributed by atoms with Gasteiger partial charge in [0.25, 0.3) is 0 Å². The average molecular weight is 186 g/mol. The van der Waals surface area contributed by atoms with E-state index in [2.05, 4.69) is 15.0 Å². The molecule has 0 saturated carbocycles. The van der Waals surface area contributed by atoms with Crippen LogP contribution in [0.2, 0.25) is 0 Å². The SMILES string of the molecule is Cc1ccncc1-c1nccc(N)n1. The first-order valence-corrected chi connectivity index (χ1v) is 4.27. The zero-order chi connectivity index (χ0) is 9.97. The Morgan fingerprint density at radius 3 is 2.79 bits per heavy atom. The minimum atomic E-state index is 0.471. The van der Waals surface area contributed by atoms with Gasteiger partial charge in [0, 0.05) is 24.2 Å². The molecule has 0 saturated heterocycles. The number of hydrogen-bond donors (Lipinski definition) is 1. The van der Waals surface area contributed by atoms with Crippen molar-refractivity contribution in [2.75, 3.05) is 5.73 Å². The molecule has 0 amide bonds. The van der Waals surface area contributed by atoms with Crippen LogP contribution in [0.15, 0.2) is 30.7 Å². The molecule has 0 spiro atoms. The number of pyridine rings is 1. The van der Waals surface area contributed by atoms with Gasteiger partial charge in [-0.2, -0.15) is 0 Å². The van der Waals surface area contributed by atoms with Crippen LogP contribution in [-0.2, 0) is 0 Å². The van der Waals surface area contributed by atoms with Gasteiger partial charge >= 0.3 is 0 Å². The minimum absolute atomic E-state index is 0.471. The summed E-state index contributed by atoms with van der Waals surface area (Å²) in [6.45, 7) is 1.99. The summed E-state index contributed by atoms with van der Waals surface area (Å²) < 4.78 is 0. The van der Waals surface area contributed by atoms with Crippen molar-refractivity contribution >= 4 is 5.82 Å². The molecule has 2 aromatic rings. The van der Waals surface area contributed by atoms with E-state index in [0.717, 1.165) is 11.1 Å². The van der Waals surface area contributed by atoms with E-state index in [1.165, 1.54) is 0 Å². The highest BCUT2D eigenvalue weighted by atomic mass is 14.9. The number of anilines is 1. The van der Waals surface area contributed by atoms with Crippen LogP contribution in [0.3, 0.4) is 0 Å². The third-order valence-corrected chi connectivity index (χ3v) is 1.96. The van der Waals surface area contributed by atoms with Crippen molar-refractivity contribution in [1.29, 1.82) is 0 Å². The first-order valence-electron chi connectivity index (χ1n) is 4.27. The van der Waals surface area contributed by atoms with Crippen LogP contribution in [0, 0.1) is 6.92 Å². The number of rotatable bonds is 1. The van der Waals surface area contributed by atoms with Crippen molar-refractivity contribution in [2.45, 2.75) is 6.92 Å². The highest BCUT2D eigenvalue weighted by Crippen LogP contribution is 2.17. The van der Waals surface area contributed by atoms with Crippen molar-refractivity contribution < 1.29 is 0 Å². The number of nitrogens with two attached hydrogens (primary N) is 1. The maximum Gasteiger partial charge on any atom is 0.163 e. The Bertz CT molecular complexity index is 453. The molecule has 0 aliphatic carbocycles. The molecule has 0 bridgehead atoms. The van der Waals surface area contributed by atoms with Crippen molar-refractivity contribution in [1.82, 2.24) is 15.0 Å². The summed E-state index contributed by atoms with van der Waals surface area (Å²) in [5.74, 6) is 1.09. The topological polar surface area (TPSA) is 64.7 Å². The lowest BCUT2D eigenvalue weighted by Gasteiger charge is -2.02. The van der Waals surface area contributed by atoms with E-state index in [-0.39, 0.29) is 0 Å². The number of nitrogens with zero attached hydrogens (tertiary/aromatic N) is 3. The molecule has 4 heteroatoms. The molecule has 0 radical (unpaired) electrons. The highest BCUT2D eigenvalue weighted by molar-refractivity contribution is 5.59. The standard InChI is InChI=1S/C10H10N4/c1-7-2-4-12-6-8(7)10-13-5-3-9(11)14-10/h2-6H,1H3,(H2,11,13,14). The minimum Gasteiger partial charge on any atom is -0.384 e. The summed E-state index contributed by atoms with van der Waals surface area (Å²) in [5, 5.41) is 0. The van der Waals surface area contributed by atoms with Gasteiger partial charge in [0.05, 0.1) is 0 Å². The van der Waals surface area contributed by atoms with Gasteiger partial charge in [0.1, 0.15) is 5.82 Å². The fraction of sp³-hybridized carbons (Fsp3) is 0.100. The van der Waals surface area contributed by atoms with Gasteiger partial charge in [0.2, 0.25) is 0 Å². The van der Waals surface area contributed by atoms with Gasteiger partial charge in [-0.15, -0.1) is 0 Å². The second-order valence-corrected chi connectivity index (χ2v) is 3.00. The largest absolute Gasteiger partial charge is 0.384 e. The van der Waals surface area contributed by atoms with Crippen molar-refractivity contribution in [2.24, 2.45) is 0 Å². The molecule has 0 aliphatic rings. The van der Waals surface area contributed by atoms with E-state index >= 15 is 0 Å². The van der Waals surface area contributed by atoms with Crippen LogP contribution in [0.4, 0.5) is 5.82 Å². The van der Waals surface area contributed by atoms with Gasteiger partial charge < -0.3 is 5.73 Å². The lowest BCUT2D eigenvalue weighted by Crippen LogP contribution is -1.96. The molecule has 70 valence electrons. The fourth-order valence-corrected chi connectivity index (χ4v) is 1.20. The first-order chi connectivity index (χ1) is 6.77. The van der Waals surface area contributed by atoms with Crippen molar-refractivity contribution in [3.05, 3.63) is 36.3 Å². The van der Waals surface area contributed by atoms with Gasteiger partial charge in [-0.3, -0.25) is 4.98 Å².